The first kappa shape index (κ1) is 16.4. The van der Waals surface area contributed by atoms with Gasteiger partial charge in [0, 0.05) is 18.5 Å². The van der Waals surface area contributed by atoms with Crippen LogP contribution in [-0.2, 0) is 0 Å². The average molecular weight is 238 g/mol. The van der Waals surface area contributed by atoms with Crippen LogP contribution in [0.4, 0.5) is 0 Å². The quantitative estimate of drug-likeness (QED) is 0.688. The van der Waals surface area contributed by atoms with Gasteiger partial charge < -0.3 is 4.90 Å². The molecule has 2 heteroatoms. The zero-order valence-corrected chi connectivity index (χ0v) is 12.4. The highest BCUT2D eigenvalue weighted by molar-refractivity contribution is 4.98. The second kappa shape index (κ2) is 9.48. The molecule has 0 aromatic rings. The van der Waals surface area contributed by atoms with Crippen molar-refractivity contribution in [3.8, 4) is 6.07 Å². The van der Waals surface area contributed by atoms with Gasteiger partial charge in [-0.25, -0.2) is 0 Å². The molecule has 17 heavy (non-hydrogen) atoms. The largest absolute Gasteiger partial charge is 0.300 e. The van der Waals surface area contributed by atoms with Gasteiger partial charge in [0.25, 0.3) is 0 Å². The molecule has 1 unspecified atom stereocenters. The highest BCUT2D eigenvalue weighted by Gasteiger charge is 2.34. The van der Waals surface area contributed by atoms with Crippen molar-refractivity contribution in [2.75, 3.05) is 13.1 Å². The number of hydrogen-bond donors (Lipinski definition) is 0. The zero-order chi connectivity index (χ0) is 13.3. The predicted molar refractivity (Wildman–Crippen MR) is 74.8 cm³/mol. The van der Waals surface area contributed by atoms with Crippen molar-refractivity contribution in [3.63, 3.8) is 0 Å². The van der Waals surface area contributed by atoms with E-state index in [9.17, 15) is 0 Å². The van der Waals surface area contributed by atoms with E-state index in [0.717, 1.165) is 24.8 Å². The molecule has 0 spiro atoms. The number of rotatable bonds is 1. The SMILES string of the molecule is CC.CC.CC1CCCN(C2CC(C#N)C2)C1. The van der Waals surface area contributed by atoms with Crippen molar-refractivity contribution in [2.45, 2.75) is 66.3 Å². The third-order valence-corrected chi connectivity index (χ3v) is 3.50. The molecule has 0 bridgehead atoms. The lowest BCUT2D eigenvalue weighted by molar-refractivity contribution is 0.0621. The lowest BCUT2D eigenvalue weighted by Gasteiger charge is -2.43. The summed E-state index contributed by atoms with van der Waals surface area (Å²) < 4.78 is 0. The smallest absolute Gasteiger partial charge is 0.0657 e. The Bertz CT molecular complexity index is 213. The zero-order valence-electron chi connectivity index (χ0n) is 12.4. The second-order valence-corrected chi connectivity index (χ2v) is 4.69. The first-order valence-corrected chi connectivity index (χ1v) is 7.43. The van der Waals surface area contributed by atoms with Gasteiger partial charge in [0.2, 0.25) is 0 Å². The predicted octanol–water partition coefficient (Wildman–Crippen LogP) is 4.07. The van der Waals surface area contributed by atoms with Crippen LogP contribution in [0.1, 0.15) is 60.3 Å². The fourth-order valence-electron chi connectivity index (χ4n) is 2.55. The van der Waals surface area contributed by atoms with Crippen LogP contribution in [0.15, 0.2) is 0 Å². The van der Waals surface area contributed by atoms with Crippen molar-refractivity contribution in [3.05, 3.63) is 0 Å². The van der Waals surface area contributed by atoms with E-state index in [1.807, 2.05) is 27.7 Å². The Labute approximate surface area is 108 Å². The highest BCUT2D eigenvalue weighted by Crippen LogP contribution is 2.33. The Balaban J connectivity index is 0.000000581. The normalized spacial score (nSPS) is 31.9. The third-order valence-electron chi connectivity index (χ3n) is 3.50. The van der Waals surface area contributed by atoms with Crippen LogP contribution < -0.4 is 0 Å². The first-order valence-electron chi connectivity index (χ1n) is 7.43. The maximum atomic E-state index is 8.69. The minimum atomic E-state index is 0.363. The summed E-state index contributed by atoms with van der Waals surface area (Å²) in [5, 5.41) is 8.69. The monoisotopic (exact) mass is 238 g/mol. The first-order chi connectivity index (χ1) is 8.29. The molecule has 2 fully saturated rings. The molecular formula is C15H30N2. The highest BCUT2D eigenvalue weighted by atomic mass is 15.2. The maximum Gasteiger partial charge on any atom is 0.0657 e. The lowest BCUT2D eigenvalue weighted by atomic mass is 9.79. The van der Waals surface area contributed by atoms with Crippen LogP contribution in [0.5, 0.6) is 0 Å². The molecule has 1 aliphatic carbocycles. The van der Waals surface area contributed by atoms with Gasteiger partial charge in [-0.15, -0.1) is 0 Å². The van der Waals surface area contributed by atoms with Crippen molar-refractivity contribution >= 4 is 0 Å². The summed E-state index contributed by atoms with van der Waals surface area (Å²) in [5.74, 6) is 1.23. The summed E-state index contributed by atoms with van der Waals surface area (Å²) in [6.45, 7) is 12.9. The van der Waals surface area contributed by atoms with Crippen LogP contribution in [-0.4, -0.2) is 24.0 Å². The summed E-state index contributed by atoms with van der Waals surface area (Å²) in [7, 11) is 0. The van der Waals surface area contributed by atoms with Crippen LogP contribution in [0.2, 0.25) is 0 Å². The molecule has 1 heterocycles. The van der Waals surface area contributed by atoms with E-state index >= 15 is 0 Å². The molecule has 1 aliphatic heterocycles. The summed E-state index contributed by atoms with van der Waals surface area (Å²) in [5.41, 5.74) is 0. The van der Waals surface area contributed by atoms with Crippen LogP contribution in [0.3, 0.4) is 0 Å². The molecule has 0 aromatic heterocycles. The van der Waals surface area contributed by atoms with E-state index in [1.165, 1.54) is 25.9 Å². The molecule has 1 atom stereocenters. The van der Waals surface area contributed by atoms with Gasteiger partial charge in [-0.05, 0) is 38.1 Å². The molecular weight excluding hydrogens is 208 g/mol. The number of nitrogens with zero attached hydrogens (tertiary/aromatic N) is 2. The molecule has 0 amide bonds. The Kier molecular flexibility index (Phi) is 9.17. The fraction of sp³-hybridized carbons (Fsp3) is 0.933. The summed E-state index contributed by atoms with van der Waals surface area (Å²) in [4.78, 5) is 2.60. The minimum absolute atomic E-state index is 0.363. The van der Waals surface area contributed by atoms with Crippen LogP contribution in [0.25, 0.3) is 0 Å². The molecule has 2 aliphatic rings. The summed E-state index contributed by atoms with van der Waals surface area (Å²) in [6.07, 6.45) is 5.01. The number of piperidine rings is 1. The molecule has 100 valence electrons. The Hall–Kier alpha value is -0.550. The van der Waals surface area contributed by atoms with Crippen molar-refractivity contribution in [1.29, 1.82) is 5.26 Å². The van der Waals surface area contributed by atoms with Crippen molar-refractivity contribution in [1.82, 2.24) is 4.90 Å². The fourth-order valence-corrected chi connectivity index (χ4v) is 2.55. The molecule has 0 radical (unpaired) electrons. The Morgan fingerprint density at radius 1 is 1.12 bits per heavy atom. The third kappa shape index (κ3) is 5.08. The molecule has 1 saturated heterocycles. The lowest BCUT2D eigenvalue weighted by Crippen LogP contribution is -2.48. The van der Waals surface area contributed by atoms with Gasteiger partial charge in [0.15, 0.2) is 0 Å². The van der Waals surface area contributed by atoms with E-state index in [2.05, 4.69) is 17.9 Å². The van der Waals surface area contributed by atoms with Gasteiger partial charge in [-0.1, -0.05) is 34.6 Å². The maximum absolute atomic E-state index is 8.69. The van der Waals surface area contributed by atoms with Crippen molar-refractivity contribution < 1.29 is 0 Å². The Morgan fingerprint density at radius 2 is 1.71 bits per heavy atom. The standard InChI is InChI=1S/C11H18N2.2C2H6/c1-9-3-2-4-13(8-9)11-5-10(6-11)7-12;2*1-2/h9-11H,2-6,8H2,1H3;2*1-2H3. The molecule has 1 saturated carbocycles. The van der Waals surface area contributed by atoms with Crippen molar-refractivity contribution in [2.24, 2.45) is 11.8 Å². The van der Waals surface area contributed by atoms with Gasteiger partial charge in [-0.3, -0.25) is 0 Å². The minimum Gasteiger partial charge on any atom is -0.300 e. The average Bonchev–Trinajstić information content (AvgIpc) is 2.33. The van der Waals surface area contributed by atoms with Crippen LogP contribution in [0, 0.1) is 23.2 Å². The second-order valence-electron chi connectivity index (χ2n) is 4.69. The number of hydrogen-bond acceptors (Lipinski definition) is 2. The summed E-state index contributed by atoms with van der Waals surface area (Å²) in [6, 6.07) is 3.10. The number of likely N-dealkylation sites (tertiary alicyclic amines) is 1. The molecule has 0 N–H and O–H groups in total. The number of nitriles is 1. The topological polar surface area (TPSA) is 27.0 Å². The van der Waals surface area contributed by atoms with Gasteiger partial charge in [0.1, 0.15) is 0 Å². The van der Waals surface area contributed by atoms with Crippen LogP contribution >= 0.6 is 0 Å². The molecule has 0 aromatic carbocycles. The van der Waals surface area contributed by atoms with Gasteiger partial charge in [0.05, 0.1) is 6.07 Å². The van der Waals surface area contributed by atoms with E-state index in [0.29, 0.717) is 5.92 Å². The van der Waals surface area contributed by atoms with E-state index in [4.69, 9.17) is 5.26 Å². The van der Waals surface area contributed by atoms with E-state index < -0.39 is 0 Å². The summed E-state index contributed by atoms with van der Waals surface area (Å²) >= 11 is 0. The van der Waals surface area contributed by atoms with E-state index in [-0.39, 0.29) is 0 Å². The van der Waals surface area contributed by atoms with Gasteiger partial charge in [-0.2, -0.15) is 5.26 Å². The van der Waals surface area contributed by atoms with Gasteiger partial charge >= 0.3 is 0 Å². The molecule has 2 rings (SSSR count). The van der Waals surface area contributed by atoms with E-state index in [1.54, 1.807) is 0 Å². The molecule has 2 nitrogen and oxygen atoms in total. The Morgan fingerprint density at radius 3 is 2.18 bits per heavy atom.